The summed E-state index contributed by atoms with van der Waals surface area (Å²) in [6.45, 7) is 1.79. The normalized spacial score (nSPS) is 15.1. The lowest BCUT2D eigenvalue weighted by molar-refractivity contribution is -0.0768. The molecule has 0 aromatic heterocycles. The predicted molar refractivity (Wildman–Crippen MR) is 67.6 cm³/mol. The van der Waals surface area contributed by atoms with Crippen LogP contribution in [0, 0.1) is 0 Å². The van der Waals surface area contributed by atoms with Crippen molar-refractivity contribution in [3.8, 4) is 5.75 Å². The molecule has 0 amide bonds. The maximum Gasteiger partial charge on any atom is 0.150 e. The van der Waals surface area contributed by atoms with Gasteiger partial charge in [0, 0.05) is 6.54 Å². The molecule has 0 bridgehead atoms. The highest BCUT2D eigenvalue weighted by atomic mass is 16.7. The first-order valence-corrected chi connectivity index (χ1v) is 5.96. The van der Waals surface area contributed by atoms with Gasteiger partial charge in [-0.1, -0.05) is 48.5 Å². The number of hydroxylamine groups is 2. The molecule has 2 nitrogen and oxygen atoms in total. The van der Waals surface area contributed by atoms with E-state index in [0.29, 0.717) is 0 Å². The zero-order valence-corrected chi connectivity index (χ0v) is 9.67. The zero-order valence-electron chi connectivity index (χ0n) is 9.67. The summed E-state index contributed by atoms with van der Waals surface area (Å²) in [4.78, 5) is 5.87. The van der Waals surface area contributed by atoms with Crippen molar-refractivity contribution in [1.82, 2.24) is 5.06 Å². The van der Waals surface area contributed by atoms with Crippen LogP contribution in [0.15, 0.2) is 54.6 Å². The minimum Gasteiger partial charge on any atom is -0.405 e. The van der Waals surface area contributed by atoms with Gasteiger partial charge >= 0.3 is 0 Å². The average molecular weight is 225 g/mol. The molecule has 0 saturated heterocycles. The minimum absolute atomic E-state index is 0.842. The standard InChI is InChI=1S/C15H15NO/c1-2-6-13(7-3-1)12-16-11-10-14-8-4-5-9-15(14)17-16/h1-9H,10-12H2. The Labute approximate surface area is 101 Å². The van der Waals surface area contributed by atoms with Gasteiger partial charge in [-0.05, 0) is 23.6 Å². The van der Waals surface area contributed by atoms with Crippen molar-refractivity contribution in [2.75, 3.05) is 6.54 Å². The van der Waals surface area contributed by atoms with Crippen molar-refractivity contribution in [3.63, 3.8) is 0 Å². The largest absolute Gasteiger partial charge is 0.405 e. The Balaban J connectivity index is 1.72. The van der Waals surface area contributed by atoms with Gasteiger partial charge in [-0.2, -0.15) is 0 Å². The summed E-state index contributed by atoms with van der Waals surface area (Å²) in [5.74, 6) is 0.995. The Morgan fingerprint density at radius 1 is 0.941 bits per heavy atom. The van der Waals surface area contributed by atoms with Gasteiger partial charge in [0.2, 0.25) is 0 Å². The minimum atomic E-state index is 0.842. The van der Waals surface area contributed by atoms with Crippen molar-refractivity contribution in [2.24, 2.45) is 0 Å². The van der Waals surface area contributed by atoms with E-state index in [-0.39, 0.29) is 0 Å². The molecular weight excluding hydrogens is 210 g/mol. The molecule has 2 aromatic carbocycles. The fourth-order valence-corrected chi connectivity index (χ4v) is 2.13. The SMILES string of the molecule is c1ccc(CN2CCc3ccccc3O2)cc1. The molecule has 0 radical (unpaired) electrons. The van der Waals surface area contributed by atoms with E-state index < -0.39 is 0 Å². The summed E-state index contributed by atoms with van der Waals surface area (Å²) in [5.41, 5.74) is 2.59. The van der Waals surface area contributed by atoms with Crippen molar-refractivity contribution in [2.45, 2.75) is 13.0 Å². The van der Waals surface area contributed by atoms with E-state index in [1.165, 1.54) is 11.1 Å². The third-order valence-electron chi connectivity index (χ3n) is 3.03. The van der Waals surface area contributed by atoms with E-state index in [0.717, 1.165) is 25.3 Å². The molecule has 1 aliphatic rings. The average Bonchev–Trinajstić information content (AvgIpc) is 2.40. The van der Waals surface area contributed by atoms with Gasteiger partial charge in [0.25, 0.3) is 0 Å². The molecule has 0 spiro atoms. The van der Waals surface area contributed by atoms with Gasteiger partial charge in [0.05, 0.1) is 6.54 Å². The van der Waals surface area contributed by atoms with E-state index in [4.69, 9.17) is 4.84 Å². The molecule has 1 aliphatic heterocycles. The number of hydrogen-bond donors (Lipinski definition) is 0. The lowest BCUT2D eigenvalue weighted by Gasteiger charge is -2.28. The summed E-state index contributed by atoms with van der Waals surface area (Å²) in [7, 11) is 0. The van der Waals surface area contributed by atoms with Crippen LogP contribution in [0.3, 0.4) is 0 Å². The van der Waals surface area contributed by atoms with Gasteiger partial charge in [-0.25, -0.2) is 0 Å². The van der Waals surface area contributed by atoms with Crippen molar-refractivity contribution >= 4 is 0 Å². The maximum absolute atomic E-state index is 5.87. The number of hydrogen-bond acceptors (Lipinski definition) is 2. The molecule has 0 saturated carbocycles. The van der Waals surface area contributed by atoms with Crippen molar-refractivity contribution in [3.05, 3.63) is 65.7 Å². The third-order valence-corrected chi connectivity index (χ3v) is 3.03. The smallest absolute Gasteiger partial charge is 0.150 e. The maximum atomic E-state index is 5.87. The number of benzene rings is 2. The van der Waals surface area contributed by atoms with Crippen molar-refractivity contribution in [1.29, 1.82) is 0 Å². The topological polar surface area (TPSA) is 12.5 Å². The van der Waals surface area contributed by atoms with Crippen LogP contribution < -0.4 is 4.84 Å². The van der Waals surface area contributed by atoms with Crippen LogP contribution >= 0.6 is 0 Å². The van der Waals surface area contributed by atoms with Crippen LogP contribution in [0.4, 0.5) is 0 Å². The summed E-state index contributed by atoms with van der Waals surface area (Å²) in [5, 5.41) is 2.03. The monoisotopic (exact) mass is 225 g/mol. The van der Waals surface area contributed by atoms with Crippen LogP contribution in [0.2, 0.25) is 0 Å². The van der Waals surface area contributed by atoms with Crippen LogP contribution in [-0.2, 0) is 13.0 Å². The molecule has 2 heteroatoms. The Bertz CT molecular complexity index is 495. The lowest BCUT2D eigenvalue weighted by Crippen LogP contribution is -2.33. The number of fused-ring (bicyclic) bond motifs is 1. The number of rotatable bonds is 2. The highest BCUT2D eigenvalue weighted by Crippen LogP contribution is 2.24. The first kappa shape index (κ1) is 10.4. The Morgan fingerprint density at radius 2 is 1.71 bits per heavy atom. The highest BCUT2D eigenvalue weighted by Gasteiger charge is 2.16. The fourth-order valence-electron chi connectivity index (χ4n) is 2.13. The van der Waals surface area contributed by atoms with Crippen LogP contribution in [0.1, 0.15) is 11.1 Å². The molecule has 2 aromatic rings. The Kier molecular flexibility index (Phi) is 2.80. The van der Waals surface area contributed by atoms with Crippen LogP contribution in [0.5, 0.6) is 5.75 Å². The van der Waals surface area contributed by atoms with Gasteiger partial charge in [-0.15, -0.1) is 5.06 Å². The molecule has 3 rings (SSSR count). The quantitative estimate of drug-likeness (QED) is 0.779. The Morgan fingerprint density at radius 3 is 2.59 bits per heavy atom. The summed E-state index contributed by atoms with van der Waals surface area (Å²) in [6, 6.07) is 18.7. The molecule has 0 N–H and O–H groups in total. The molecule has 86 valence electrons. The second-order valence-electron chi connectivity index (χ2n) is 4.30. The molecule has 17 heavy (non-hydrogen) atoms. The van der Waals surface area contributed by atoms with Gasteiger partial charge < -0.3 is 4.84 Å². The summed E-state index contributed by atoms with van der Waals surface area (Å²) in [6.07, 6.45) is 1.06. The molecule has 1 heterocycles. The van der Waals surface area contributed by atoms with Crippen molar-refractivity contribution < 1.29 is 4.84 Å². The van der Waals surface area contributed by atoms with E-state index in [1.54, 1.807) is 0 Å². The molecule has 0 atom stereocenters. The van der Waals surface area contributed by atoms with E-state index >= 15 is 0 Å². The van der Waals surface area contributed by atoms with Gasteiger partial charge in [0.15, 0.2) is 5.75 Å². The molecular formula is C15H15NO. The van der Waals surface area contributed by atoms with Gasteiger partial charge in [-0.3, -0.25) is 0 Å². The second-order valence-corrected chi connectivity index (χ2v) is 4.30. The van der Waals surface area contributed by atoms with Gasteiger partial charge in [0.1, 0.15) is 0 Å². The first-order chi connectivity index (χ1) is 8.42. The number of para-hydroxylation sites is 1. The van der Waals surface area contributed by atoms with E-state index in [9.17, 15) is 0 Å². The first-order valence-electron chi connectivity index (χ1n) is 5.96. The second kappa shape index (κ2) is 4.60. The van der Waals surface area contributed by atoms with E-state index in [1.807, 2.05) is 23.3 Å². The fraction of sp³-hybridized carbons (Fsp3) is 0.200. The van der Waals surface area contributed by atoms with Crippen LogP contribution in [-0.4, -0.2) is 11.6 Å². The Hall–Kier alpha value is -1.80. The molecule has 0 aliphatic carbocycles. The van der Waals surface area contributed by atoms with E-state index in [2.05, 4.69) is 36.4 Å². The predicted octanol–water partition coefficient (Wildman–Crippen LogP) is 3.04. The number of nitrogens with zero attached hydrogens (tertiary/aromatic N) is 1. The zero-order chi connectivity index (χ0) is 11.5. The third kappa shape index (κ3) is 2.32. The van der Waals surface area contributed by atoms with Crippen LogP contribution in [0.25, 0.3) is 0 Å². The summed E-state index contributed by atoms with van der Waals surface area (Å²) >= 11 is 0. The summed E-state index contributed by atoms with van der Waals surface area (Å²) < 4.78 is 0. The highest BCUT2D eigenvalue weighted by molar-refractivity contribution is 5.34. The lowest BCUT2D eigenvalue weighted by atomic mass is 10.1. The molecule has 0 fully saturated rings. The molecule has 0 unspecified atom stereocenters.